The Hall–Kier alpha value is -3.23. The minimum atomic E-state index is -0.519. The van der Waals surface area contributed by atoms with Crippen molar-refractivity contribution in [1.29, 1.82) is 0 Å². The third-order valence-electron chi connectivity index (χ3n) is 4.97. The summed E-state index contributed by atoms with van der Waals surface area (Å²) in [4.78, 5) is 38.1. The van der Waals surface area contributed by atoms with Crippen molar-refractivity contribution in [1.82, 2.24) is 4.90 Å². The van der Waals surface area contributed by atoms with Crippen LogP contribution in [0.2, 0.25) is 5.02 Å². The lowest BCUT2D eigenvalue weighted by molar-refractivity contribution is -0.384. The van der Waals surface area contributed by atoms with Gasteiger partial charge in [0.2, 0.25) is 0 Å². The zero-order valence-corrected chi connectivity index (χ0v) is 18.8. The summed E-state index contributed by atoms with van der Waals surface area (Å²) < 4.78 is 5.51. The molecule has 0 unspecified atom stereocenters. The van der Waals surface area contributed by atoms with Crippen LogP contribution in [-0.2, 0) is 14.3 Å². The number of nitro benzene ring substituents is 1. The Bertz CT molecular complexity index is 1080. The molecule has 0 aliphatic carbocycles. The summed E-state index contributed by atoms with van der Waals surface area (Å²) in [5.74, 6) is -0.928. The van der Waals surface area contributed by atoms with Gasteiger partial charge in [-0.1, -0.05) is 17.7 Å². The summed E-state index contributed by atoms with van der Waals surface area (Å²) in [6.45, 7) is 6.29. The molecule has 0 atom stereocenters. The Morgan fingerprint density at radius 1 is 1.12 bits per heavy atom. The van der Waals surface area contributed by atoms with Crippen molar-refractivity contribution >= 4 is 40.4 Å². The van der Waals surface area contributed by atoms with E-state index in [2.05, 4.69) is 5.32 Å². The van der Waals surface area contributed by atoms with E-state index in [1.165, 1.54) is 29.2 Å². The van der Waals surface area contributed by atoms with Gasteiger partial charge in [0.25, 0.3) is 17.5 Å². The van der Waals surface area contributed by atoms with E-state index < -0.39 is 16.7 Å². The number of nitrogens with zero attached hydrogens (tertiary/aromatic N) is 2. The Kier molecular flexibility index (Phi) is 7.27. The number of amides is 2. The number of anilines is 1. The highest BCUT2D eigenvalue weighted by atomic mass is 35.5. The van der Waals surface area contributed by atoms with Gasteiger partial charge >= 0.3 is 0 Å². The molecule has 1 aliphatic rings. The number of ether oxygens (including phenoxy) is 1. The van der Waals surface area contributed by atoms with Crippen LogP contribution in [0.1, 0.15) is 31.4 Å². The standard InChI is InChI=1S/C23H24ClN3O5/c1-14(2)32-12-4-11-26-22(28)20(16-6-9-18(10-7-16)27(30)31)21(23(26)29)25-19-13-17(24)8-5-15(19)3/h5-10,13-14,25H,4,11-12H2,1-3H3. The van der Waals surface area contributed by atoms with E-state index in [-0.39, 0.29) is 29.6 Å². The van der Waals surface area contributed by atoms with Crippen molar-refractivity contribution in [2.24, 2.45) is 0 Å². The highest BCUT2D eigenvalue weighted by Crippen LogP contribution is 2.33. The molecule has 1 aliphatic heterocycles. The number of rotatable bonds is 9. The molecular weight excluding hydrogens is 434 g/mol. The van der Waals surface area contributed by atoms with E-state index in [1.54, 1.807) is 18.2 Å². The topological polar surface area (TPSA) is 102 Å². The molecule has 32 heavy (non-hydrogen) atoms. The lowest BCUT2D eigenvalue weighted by atomic mass is 10.0. The van der Waals surface area contributed by atoms with Crippen LogP contribution in [0, 0.1) is 17.0 Å². The number of nitro groups is 1. The second-order valence-corrected chi connectivity index (χ2v) is 8.11. The summed E-state index contributed by atoms with van der Waals surface area (Å²) in [5, 5.41) is 14.6. The fourth-order valence-corrected chi connectivity index (χ4v) is 3.49. The first kappa shape index (κ1) is 23.4. The number of nitrogens with one attached hydrogen (secondary N) is 1. The first-order valence-electron chi connectivity index (χ1n) is 10.2. The quantitative estimate of drug-likeness (QED) is 0.256. The smallest absolute Gasteiger partial charge is 0.278 e. The van der Waals surface area contributed by atoms with Crippen molar-refractivity contribution < 1.29 is 19.2 Å². The minimum Gasteiger partial charge on any atom is -0.379 e. The number of halogens is 1. The van der Waals surface area contributed by atoms with E-state index >= 15 is 0 Å². The molecule has 2 amide bonds. The van der Waals surface area contributed by atoms with Gasteiger partial charge in [0.1, 0.15) is 5.70 Å². The molecule has 0 spiro atoms. The van der Waals surface area contributed by atoms with E-state index in [0.717, 1.165) is 5.56 Å². The van der Waals surface area contributed by atoms with Crippen molar-refractivity contribution in [2.45, 2.75) is 33.3 Å². The largest absolute Gasteiger partial charge is 0.379 e. The molecule has 9 heteroatoms. The Morgan fingerprint density at radius 3 is 2.44 bits per heavy atom. The van der Waals surface area contributed by atoms with Crippen LogP contribution in [0.4, 0.5) is 11.4 Å². The fraction of sp³-hybridized carbons (Fsp3) is 0.304. The summed E-state index contributed by atoms with van der Waals surface area (Å²) in [7, 11) is 0. The first-order valence-corrected chi connectivity index (χ1v) is 10.6. The molecule has 2 aromatic carbocycles. The van der Waals surface area contributed by atoms with E-state index in [0.29, 0.717) is 29.3 Å². The summed E-state index contributed by atoms with van der Waals surface area (Å²) in [5.41, 5.74) is 2.02. The molecular formula is C23H24ClN3O5. The maximum Gasteiger partial charge on any atom is 0.278 e. The van der Waals surface area contributed by atoms with E-state index in [4.69, 9.17) is 16.3 Å². The molecule has 0 aromatic heterocycles. The molecule has 0 bridgehead atoms. The van der Waals surface area contributed by atoms with Gasteiger partial charge in [-0.3, -0.25) is 24.6 Å². The number of non-ortho nitro benzene ring substituents is 1. The zero-order valence-electron chi connectivity index (χ0n) is 18.1. The second-order valence-electron chi connectivity index (χ2n) is 7.67. The molecule has 1 N–H and O–H groups in total. The monoisotopic (exact) mass is 457 g/mol. The molecule has 1 heterocycles. The fourth-order valence-electron chi connectivity index (χ4n) is 3.32. The average Bonchev–Trinajstić information content (AvgIpc) is 2.97. The molecule has 2 aromatic rings. The van der Waals surface area contributed by atoms with Crippen LogP contribution >= 0.6 is 11.6 Å². The average molecular weight is 458 g/mol. The lowest BCUT2D eigenvalue weighted by Gasteiger charge is -2.16. The normalized spacial score (nSPS) is 14.0. The molecule has 0 saturated heterocycles. The van der Waals surface area contributed by atoms with Crippen LogP contribution in [0.15, 0.2) is 48.2 Å². The molecule has 3 rings (SSSR count). The van der Waals surface area contributed by atoms with Gasteiger partial charge < -0.3 is 10.1 Å². The highest BCUT2D eigenvalue weighted by Gasteiger charge is 2.39. The number of aryl methyl sites for hydroxylation is 1. The van der Waals surface area contributed by atoms with Crippen LogP contribution in [0.5, 0.6) is 0 Å². The number of carbonyl (C=O) groups is 2. The van der Waals surface area contributed by atoms with Crippen LogP contribution < -0.4 is 5.32 Å². The maximum atomic E-state index is 13.2. The van der Waals surface area contributed by atoms with Gasteiger partial charge in [-0.15, -0.1) is 0 Å². The Morgan fingerprint density at radius 2 is 1.81 bits per heavy atom. The van der Waals surface area contributed by atoms with Crippen molar-refractivity contribution in [2.75, 3.05) is 18.5 Å². The van der Waals surface area contributed by atoms with Crippen molar-refractivity contribution in [3.8, 4) is 0 Å². The van der Waals surface area contributed by atoms with Crippen LogP contribution in [0.25, 0.3) is 5.57 Å². The highest BCUT2D eigenvalue weighted by molar-refractivity contribution is 6.36. The number of carbonyl (C=O) groups excluding carboxylic acids is 2. The minimum absolute atomic E-state index is 0.0526. The predicted octanol–water partition coefficient (Wildman–Crippen LogP) is 4.56. The molecule has 0 saturated carbocycles. The maximum absolute atomic E-state index is 13.2. The number of hydrogen-bond donors (Lipinski definition) is 1. The van der Waals surface area contributed by atoms with Crippen LogP contribution in [-0.4, -0.2) is 40.9 Å². The molecule has 168 valence electrons. The number of benzene rings is 2. The third kappa shape index (κ3) is 5.15. The van der Waals surface area contributed by atoms with Gasteiger partial charge in [-0.25, -0.2) is 0 Å². The molecule has 0 radical (unpaired) electrons. The summed E-state index contributed by atoms with van der Waals surface area (Å²) >= 11 is 6.11. The van der Waals surface area contributed by atoms with Crippen LogP contribution in [0.3, 0.4) is 0 Å². The number of imide groups is 1. The second kappa shape index (κ2) is 9.93. The Labute approximate surface area is 191 Å². The van der Waals surface area contributed by atoms with Gasteiger partial charge in [0.15, 0.2) is 0 Å². The SMILES string of the molecule is Cc1ccc(Cl)cc1NC1=C(c2ccc([N+](=O)[O-])cc2)C(=O)N(CCCOC(C)C)C1=O. The first-order chi connectivity index (χ1) is 15.2. The molecule has 0 fully saturated rings. The van der Waals surface area contributed by atoms with Gasteiger partial charge in [-0.05, 0) is 62.6 Å². The predicted molar refractivity (Wildman–Crippen MR) is 122 cm³/mol. The Balaban J connectivity index is 1.96. The van der Waals surface area contributed by atoms with E-state index in [1.807, 2.05) is 20.8 Å². The van der Waals surface area contributed by atoms with E-state index in [9.17, 15) is 19.7 Å². The zero-order chi connectivity index (χ0) is 23.4. The third-order valence-corrected chi connectivity index (χ3v) is 5.21. The van der Waals surface area contributed by atoms with Gasteiger partial charge in [0, 0.05) is 36.0 Å². The lowest BCUT2D eigenvalue weighted by Crippen LogP contribution is -2.34. The van der Waals surface area contributed by atoms with Gasteiger partial charge in [0.05, 0.1) is 16.6 Å². The summed E-state index contributed by atoms with van der Waals surface area (Å²) in [6, 6.07) is 10.8. The summed E-state index contributed by atoms with van der Waals surface area (Å²) in [6.07, 6.45) is 0.545. The van der Waals surface area contributed by atoms with Crippen molar-refractivity contribution in [3.05, 3.63) is 74.4 Å². The number of hydrogen-bond acceptors (Lipinski definition) is 6. The van der Waals surface area contributed by atoms with Gasteiger partial charge in [-0.2, -0.15) is 0 Å². The molecule has 8 nitrogen and oxygen atoms in total. The van der Waals surface area contributed by atoms with Crippen molar-refractivity contribution in [3.63, 3.8) is 0 Å².